The van der Waals surface area contributed by atoms with E-state index in [1.165, 1.54) is 0 Å². The number of primary sulfonamides is 1. The van der Waals surface area contributed by atoms with Crippen molar-refractivity contribution in [2.24, 2.45) is 5.14 Å². The van der Waals surface area contributed by atoms with E-state index in [1.807, 2.05) is 11.8 Å². The summed E-state index contributed by atoms with van der Waals surface area (Å²) in [6, 6.07) is 0.444. The molecule has 2 rings (SSSR count). The Morgan fingerprint density at radius 1 is 1.50 bits per heavy atom. The van der Waals surface area contributed by atoms with Gasteiger partial charge in [0.25, 0.3) is 5.91 Å². The van der Waals surface area contributed by atoms with Crippen molar-refractivity contribution >= 4 is 27.3 Å². The largest absolute Gasteiger partial charge is 0.333 e. The second-order valence-corrected chi connectivity index (χ2v) is 7.94. The van der Waals surface area contributed by atoms with E-state index in [4.69, 9.17) is 5.14 Å². The molecule has 1 saturated heterocycles. The summed E-state index contributed by atoms with van der Waals surface area (Å²) in [7, 11) is -3.75. The van der Waals surface area contributed by atoms with Crippen LogP contribution in [-0.2, 0) is 10.0 Å². The SMILES string of the molecule is CCC1CCC(C)N1C(=O)c1csc(S(N)(=O)=O)c1C. The van der Waals surface area contributed by atoms with Crippen LogP contribution in [0.25, 0.3) is 0 Å². The first-order valence-corrected chi connectivity index (χ1v) is 9.13. The van der Waals surface area contributed by atoms with Crippen LogP contribution < -0.4 is 5.14 Å². The lowest BCUT2D eigenvalue weighted by molar-refractivity contribution is 0.0676. The molecule has 0 aliphatic carbocycles. The van der Waals surface area contributed by atoms with Crippen LogP contribution in [0.15, 0.2) is 9.59 Å². The molecule has 1 aromatic heterocycles. The summed E-state index contributed by atoms with van der Waals surface area (Å²) in [6.07, 6.45) is 2.92. The Kier molecular flexibility index (Phi) is 4.22. The van der Waals surface area contributed by atoms with Crippen molar-refractivity contribution in [2.75, 3.05) is 0 Å². The number of carbonyl (C=O) groups excluding carboxylic acids is 1. The van der Waals surface area contributed by atoms with Gasteiger partial charge in [-0.25, -0.2) is 13.6 Å². The number of carbonyl (C=O) groups is 1. The summed E-state index contributed by atoms with van der Waals surface area (Å²) in [5.41, 5.74) is 0.933. The lowest BCUT2D eigenvalue weighted by atomic mass is 10.1. The maximum absolute atomic E-state index is 12.7. The van der Waals surface area contributed by atoms with E-state index in [9.17, 15) is 13.2 Å². The topological polar surface area (TPSA) is 80.5 Å². The van der Waals surface area contributed by atoms with Crippen molar-refractivity contribution < 1.29 is 13.2 Å². The average molecular weight is 316 g/mol. The molecule has 1 aliphatic rings. The number of likely N-dealkylation sites (tertiary alicyclic amines) is 1. The zero-order valence-electron chi connectivity index (χ0n) is 11.9. The number of hydrogen-bond donors (Lipinski definition) is 1. The van der Waals surface area contributed by atoms with Crippen LogP contribution in [0.3, 0.4) is 0 Å². The summed E-state index contributed by atoms with van der Waals surface area (Å²) in [4.78, 5) is 14.6. The second-order valence-electron chi connectivity index (χ2n) is 5.31. The van der Waals surface area contributed by atoms with Crippen molar-refractivity contribution in [3.63, 3.8) is 0 Å². The van der Waals surface area contributed by atoms with Crippen LogP contribution in [0.5, 0.6) is 0 Å². The Labute approximate surface area is 123 Å². The third-order valence-electron chi connectivity index (χ3n) is 3.97. The first-order chi connectivity index (χ1) is 9.27. The predicted octanol–water partition coefficient (Wildman–Crippen LogP) is 2.11. The van der Waals surface area contributed by atoms with Crippen molar-refractivity contribution in [2.45, 2.75) is 56.3 Å². The van der Waals surface area contributed by atoms with Gasteiger partial charge in [0.1, 0.15) is 4.21 Å². The average Bonchev–Trinajstić information content (AvgIpc) is 2.91. The normalized spacial score (nSPS) is 23.3. The minimum Gasteiger partial charge on any atom is -0.333 e. The minimum atomic E-state index is -3.75. The molecule has 0 spiro atoms. The number of rotatable bonds is 3. The van der Waals surface area contributed by atoms with E-state index in [0.29, 0.717) is 11.1 Å². The highest BCUT2D eigenvalue weighted by Crippen LogP contribution is 2.32. The Hall–Kier alpha value is -0.920. The monoisotopic (exact) mass is 316 g/mol. The molecule has 5 nitrogen and oxygen atoms in total. The number of amides is 1. The zero-order valence-corrected chi connectivity index (χ0v) is 13.6. The molecule has 112 valence electrons. The molecule has 20 heavy (non-hydrogen) atoms. The fraction of sp³-hybridized carbons (Fsp3) is 0.615. The molecule has 2 atom stereocenters. The minimum absolute atomic E-state index is 0.0782. The molecule has 1 aromatic rings. The predicted molar refractivity (Wildman–Crippen MR) is 79.4 cm³/mol. The van der Waals surface area contributed by atoms with E-state index in [-0.39, 0.29) is 22.2 Å². The van der Waals surface area contributed by atoms with E-state index in [2.05, 4.69) is 6.92 Å². The van der Waals surface area contributed by atoms with Gasteiger partial charge in [-0.15, -0.1) is 11.3 Å². The maximum Gasteiger partial charge on any atom is 0.255 e. The highest BCUT2D eigenvalue weighted by Gasteiger charge is 2.35. The zero-order chi connectivity index (χ0) is 15.1. The first kappa shape index (κ1) is 15.5. The molecule has 0 bridgehead atoms. The molecule has 1 aliphatic heterocycles. The summed E-state index contributed by atoms with van der Waals surface area (Å²) in [5, 5.41) is 6.77. The first-order valence-electron chi connectivity index (χ1n) is 6.70. The van der Waals surface area contributed by atoms with Crippen LogP contribution in [0.2, 0.25) is 0 Å². The van der Waals surface area contributed by atoms with Gasteiger partial charge in [0.05, 0.1) is 5.56 Å². The molecule has 0 saturated carbocycles. The van der Waals surface area contributed by atoms with Crippen LogP contribution >= 0.6 is 11.3 Å². The molecule has 2 heterocycles. The number of thiophene rings is 1. The lowest BCUT2D eigenvalue weighted by Crippen LogP contribution is -2.39. The molecule has 0 radical (unpaired) electrons. The summed E-state index contributed by atoms with van der Waals surface area (Å²) < 4.78 is 23.0. The number of sulfonamides is 1. The maximum atomic E-state index is 12.7. The van der Waals surface area contributed by atoms with E-state index < -0.39 is 10.0 Å². The van der Waals surface area contributed by atoms with Gasteiger partial charge in [-0.1, -0.05) is 6.92 Å². The van der Waals surface area contributed by atoms with Gasteiger partial charge in [-0.2, -0.15) is 0 Å². The highest BCUT2D eigenvalue weighted by atomic mass is 32.2. The van der Waals surface area contributed by atoms with Crippen LogP contribution in [0.1, 0.15) is 49.0 Å². The quantitative estimate of drug-likeness (QED) is 0.927. The molecular weight excluding hydrogens is 296 g/mol. The fourth-order valence-electron chi connectivity index (χ4n) is 2.87. The van der Waals surface area contributed by atoms with E-state index in [0.717, 1.165) is 30.6 Å². The van der Waals surface area contributed by atoms with E-state index >= 15 is 0 Å². The lowest BCUT2D eigenvalue weighted by Gasteiger charge is -2.28. The summed E-state index contributed by atoms with van der Waals surface area (Å²) in [5.74, 6) is -0.0782. The number of nitrogens with zero attached hydrogens (tertiary/aromatic N) is 1. The van der Waals surface area contributed by atoms with Gasteiger partial charge < -0.3 is 4.90 Å². The molecule has 1 amide bonds. The Bertz CT molecular complexity index is 622. The van der Waals surface area contributed by atoms with Crippen molar-refractivity contribution in [1.82, 2.24) is 4.90 Å². The molecule has 2 N–H and O–H groups in total. The van der Waals surface area contributed by atoms with Gasteiger partial charge in [0.2, 0.25) is 10.0 Å². The Balaban J connectivity index is 2.37. The van der Waals surface area contributed by atoms with Crippen molar-refractivity contribution in [3.8, 4) is 0 Å². The van der Waals surface area contributed by atoms with Crippen LogP contribution in [0.4, 0.5) is 0 Å². The molecule has 1 fully saturated rings. The second kappa shape index (κ2) is 5.46. The summed E-state index contributed by atoms with van der Waals surface area (Å²) >= 11 is 1.02. The van der Waals surface area contributed by atoms with Crippen LogP contribution in [-0.4, -0.2) is 31.3 Å². The molecule has 7 heteroatoms. The standard InChI is InChI=1S/C13H20N2O3S2/c1-4-10-6-5-8(2)15(10)12(16)11-7-19-13(9(11)3)20(14,17)18/h7-8,10H,4-6H2,1-3H3,(H2,14,17,18). The molecular formula is C13H20N2O3S2. The fourth-order valence-corrected chi connectivity index (χ4v) is 4.87. The Morgan fingerprint density at radius 2 is 2.15 bits per heavy atom. The summed E-state index contributed by atoms with van der Waals surface area (Å²) in [6.45, 7) is 5.75. The van der Waals surface area contributed by atoms with Gasteiger partial charge >= 0.3 is 0 Å². The number of nitrogens with two attached hydrogens (primary N) is 1. The number of hydrogen-bond acceptors (Lipinski definition) is 4. The van der Waals surface area contributed by atoms with Crippen molar-refractivity contribution in [1.29, 1.82) is 0 Å². The van der Waals surface area contributed by atoms with Gasteiger partial charge in [0, 0.05) is 17.5 Å². The third kappa shape index (κ3) is 2.62. The van der Waals surface area contributed by atoms with E-state index in [1.54, 1.807) is 12.3 Å². The highest BCUT2D eigenvalue weighted by molar-refractivity contribution is 7.91. The molecule has 0 aromatic carbocycles. The van der Waals surface area contributed by atoms with Gasteiger partial charge in [0.15, 0.2) is 0 Å². The smallest absolute Gasteiger partial charge is 0.255 e. The molecule has 2 unspecified atom stereocenters. The van der Waals surface area contributed by atoms with Crippen molar-refractivity contribution in [3.05, 3.63) is 16.5 Å². The van der Waals surface area contributed by atoms with Gasteiger partial charge in [-0.3, -0.25) is 4.79 Å². The third-order valence-corrected chi connectivity index (χ3v) is 6.66. The van der Waals surface area contributed by atoms with Gasteiger partial charge in [-0.05, 0) is 38.7 Å². The Morgan fingerprint density at radius 3 is 2.65 bits per heavy atom. The van der Waals surface area contributed by atoms with Crippen LogP contribution in [0, 0.1) is 6.92 Å².